The minimum Gasteiger partial charge on any atom is -0.263 e. The van der Waals surface area contributed by atoms with Gasteiger partial charge in [0.25, 0.3) is 0 Å². The molecule has 1 saturated heterocycles. The van der Waals surface area contributed by atoms with Crippen molar-refractivity contribution in [2.24, 2.45) is 0 Å². The molecule has 1 rings (SSSR count). The molecule has 1 aliphatic heterocycles. The zero-order valence-electron chi connectivity index (χ0n) is 5.94. The molecule has 11 heavy (non-hydrogen) atoms. The predicted molar refractivity (Wildman–Crippen MR) is 39.0 cm³/mol. The molecule has 0 aromatic rings. The van der Waals surface area contributed by atoms with E-state index in [0.717, 1.165) is 9.34 Å². The van der Waals surface area contributed by atoms with Gasteiger partial charge in [0.05, 0.1) is 0 Å². The van der Waals surface area contributed by atoms with Gasteiger partial charge in [-0.2, -0.15) is 0 Å². The Labute approximate surface area is 68.2 Å². The summed E-state index contributed by atoms with van der Waals surface area (Å²) < 4.78 is 12.8. The number of hydrogen-bond donors (Lipinski definition) is 0. The molecule has 1 heterocycles. The van der Waals surface area contributed by atoms with E-state index in [1.807, 2.05) is 0 Å². The van der Waals surface area contributed by atoms with Crippen LogP contribution in [0.2, 0.25) is 0 Å². The topological polar surface area (TPSA) is 57.7 Å². The van der Waals surface area contributed by atoms with Crippen molar-refractivity contribution in [2.75, 3.05) is 14.1 Å². The molecule has 0 bridgehead atoms. The number of amides is 2. The second-order valence-corrected chi connectivity index (χ2v) is 5.60. The molecule has 2 amide bonds. The van der Waals surface area contributed by atoms with Gasteiger partial charge in [0, 0.05) is 14.1 Å². The van der Waals surface area contributed by atoms with Crippen molar-refractivity contribution in [1.29, 1.82) is 0 Å². The molecule has 7 heteroatoms. The first-order valence-corrected chi connectivity index (χ1v) is 5.27. The molecule has 5 nitrogen and oxygen atoms in total. The van der Waals surface area contributed by atoms with Gasteiger partial charge in [0.2, 0.25) is 0 Å². The molecule has 62 valence electrons. The first kappa shape index (κ1) is 8.56. The zero-order valence-corrected chi connectivity index (χ0v) is 7.59. The summed E-state index contributed by atoms with van der Waals surface area (Å²) in [7, 11) is 2.47. The van der Waals surface area contributed by atoms with Crippen LogP contribution in [0.25, 0.3) is 0 Å². The largest absolute Gasteiger partial charge is 0.357 e. The Morgan fingerprint density at radius 3 is 1.55 bits per heavy atom. The second kappa shape index (κ2) is 2.22. The van der Waals surface area contributed by atoms with Crippen LogP contribution in [-0.4, -0.2) is 35.3 Å². The van der Waals surface area contributed by atoms with Crippen LogP contribution >= 0.6 is 18.0 Å². The van der Waals surface area contributed by atoms with E-state index >= 15 is 0 Å². The van der Waals surface area contributed by atoms with Crippen LogP contribution in [-0.2, 0) is 14.2 Å². The van der Waals surface area contributed by atoms with Gasteiger partial charge in [-0.05, 0) is 11.2 Å². The SMILES string of the molecule is CN1C(=O)C(=O)N(C)P1(=O)Cl. The van der Waals surface area contributed by atoms with Crippen LogP contribution in [0.3, 0.4) is 0 Å². The Morgan fingerprint density at radius 1 is 1.18 bits per heavy atom. The van der Waals surface area contributed by atoms with Crippen molar-refractivity contribution in [3.63, 3.8) is 0 Å². The average molecular weight is 197 g/mol. The quantitative estimate of drug-likeness (QED) is 0.413. The minimum absolute atomic E-state index is 0.761. The smallest absolute Gasteiger partial charge is 0.263 e. The highest BCUT2D eigenvalue weighted by atomic mass is 35.7. The monoisotopic (exact) mass is 196 g/mol. The summed E-state index contributed by atoms with van der Waals surface area (Å²) in [6.07, 6.45) is 0. The fourth-order valence-corrected chi connectivity index (χ4v) is 2.14. The molecule has 0 spiro atoms. The molecule has 1 aliphatic rings. The van der Waals surface area contributed by atoms with Crippen molar-refractivity contribution in [3.8, 4) is 0 Å². The fourth-order valence-electron chi connectivity index (χ4n) is 0.702. The average Bonchev–Trinajstić information content (AvgIpc) is 2.06. The maximum Gasteiger partial charge on any atom is 0.357 e. The van der Waals surface area contributed by atoms with Gasteiger partial charge in [-0.1, -0.05) is 0 Å². The molecular formula is C4H6ClN2O3P. The third-order valence-corrected chi connectivity index (χ3v) is 4.71. The van der Waals surface area contributed by atoms with Crippen molar-refractivity contribution in [2.45, 2.75) is 0 Å². The van der Waals surface area contributed by atoms with Crippen LogP contribution in [0.1, 0.15) is 0 Å². The molecule has 0 saturated carbocycles. The Hall–Kier alpha value is -0.540. The molecule has 1 fully saturated rings. The first-order valence-electron chi connectivity index (χ1n) is 2.75. The number of halogens is 1. The van der Waals surface area contributed by atoms with Crippen LogP contribution in [0.15, 0.2) is 0 Å². The number of hydrogen-bond acceptors (Lipinski definition) is 3. The van der Waals surface area contributed by atoms with Crippen LogP contribution in [0, 0.1) is 0 Å². The Kier molecular flexibility index (Phi) is 1.73. The highest BCUT2D eigenvalue weighted by molar-refractivity contribution is 7.87. The van der Waals surface area contributed by atoms with E-state index in [1.54, 1.807) is 0 Å². The standard InChI is InChI=1S/C4H6ClN2O3P/c1-6-3(8)4(9)7(2)11(6,5)10/h1-2H3. The summed E-state index contributed by atoms with van der Waals surface area (Å²) >= 11 is 5.42. The third kappa shape index (κ3) is 0.957. The van der Waals surface area contributed by atoms with Crippen molar-refractivity contribution < 1.29 is 14.2 Å². The fraction of sp³-hybridized carbons (Fsp3) is 0.500. The molecule has 0 N–H and O–H groups in total. The summed E-state index contributed by atoms with van der Waals surface area (Å²) in [5.41, 5.74) is 0. The van der Waals surface area contributed by atoms with Gasteiger partial charge in [0.15, 0.2) is 0 Å². The van der Waals surface area contributed by atoms with Gasteiger partial charge in [-0.15, -0.1) is 0 Å². The predicted octanol–water partition coefficient (Wildman–Crippen LogP) is 0.264. The number of nitrogens with zero attached hydrogens (tertiary/aromatic N) is 2. The Bertz CT molecular complexity index is 255. The highest BCUT2D eigenvalue weighted by Crippen LogP contribution is 2.60. The normalized spacial score (nSPS) is 23.2. The van der Waals surface area contributed by atoms with Crippen LogP contribution in [0.5, 0.6) is 0 Å². The van der Waals surface area contributed by atoms with Gasteiger partial charge in [-0.3, -0.25) is 23.5 Å². The maximum atomic E-state index is 11.3. The van der Waals surface area contributed by atoms with E-state index in [4.69, 9.17) is 11.2 Å². The number of carbonyl (C=O) groups is 2. The lowest BCUT2D eigenvalue weighted by atomic mass is 10.6. The molecule has 0 radical (unpaired) electrons. The van der Waals surface area contributed by atoms with Gasteiger partial charge in [-0.25, -0.2) is 0 Å². The van der Waals surface area contributed by atoms with Crippen LogP contribution in [0.4, 0.5) is 0 Å². The summed E-state index contributed by atoms with van der Waals surface area (Å²) in [6.45, 7) is -3.40. The van der Waals surface area contributed by atoms with Crippen molar-refractivity contribution >= 4 is 29.9 Å². The van der Waals surface area contributed by atoms with Crippen LogP contribution < -0.4 is 0 Å². The number of rotatable bonds is 0. The molecule has 0 unspecified atom stereocenters. The summed E-state index contributed by atoms with van der Waals surface area (Å²) in [4.78, 5) is 21.6. The molecular weight excluding hydrogens is 190 g/mol. The lowest BCUT2D eigenvalue weighted by Gasteiger charge is -2.15. The van der Waals surface area contributed by atoms with Crippen molar-refractivity contribution in [3.05, 3.63) is 0 Å². The summed E-state index contributed by atoms with van der Waals surface area (Å²) in [5.74, 6) is -1.66. The van der Waals surface area contributed by atoms with Gasteiger partial charge >= 0.3 is 18.6 Å². The van der Waals surface area contributed by atoms with E-state index in [9.17, 15) is 14.2 Å². The number of carbonyl (C=O) groups excluding carboxylic acids is 2. The first-order chi connectivity index (χ1) is 4.89. The second-order valence-electron chi connectivity index (χ2n) is 2.13. The molecule has 0 aromatic heterocycles. The molecule has 0 aromatic carbocycles. The summed E-state index contributed by atoms with van der Waals surface area (Å²) in [6, 6.07) is 0. The van der Waals surface area contributed by atoms with Gasteiger partial charge in [0.1, 0.15) is 0 Å². The van der Waals surface area contributed by atoms with E-state index in [0.29, 0.717) is 0 Å². The summed E-state index contributed by atoms with van der Waals surface area (Å²) in [5, 5.41) is 0. The van der Waals surface area contributed by atoms with E-state index in [-0.39, 0.29) is 0 Å². The van der Waals surface area contributed by atoms with E-state index < -0.39 is 18.6 Å². The maximum absolute atomic E-state index is 11.3. The van der Waals surface area contributed by atoms with E-state index in [1.165, 1.54) is 14.1 Å². The highest BCUT2D eigenvalue weighted by Gasteiger charge is 2.48. The van der Waals surface area contributed by atoms with Gasteiger partial charge < -0.3 is 0 Å². The zero-order chi connectivity index (χ0) is 8.81. The Balaban J connectivity index is 3.16. The number of likely N-dealkylation sites (N-methyl/N-ethyl adjacent to an activating group) is 2. The Morgan fingerprint density at radius 2 is 1.45 bits per heavy atom. The molecule has 0 atom stereocenters. The van der Waals surface area contributed by atoms with E-state index in [2.05, 4.69) is 0 Å². The minimum atomic E-state index is -3.40. The molecule has 0 aliphatic carbocycles. The third-order valence-electron chi connectivity index (χ3n) is 1.51. The lowest BCUT2D eigenvalue weighted by Crippen LogP contribution is -2.23. The van der Waals surface area contributed by atoms with Crippen molar-refractivity contribution in [1.82, 2.24) is 9.34 Å². The lowest BCUT2D eigenvalue weighted by molar-refractivity contribution is -0.142.